The number of hydrogen-bond acceptors (Lipinski definition) is 4. The van der Waals surface area contributed by atoms with Gasteiger partial charge in [-0.2, -0.15) is 0 Å². The average Bonchev–Trinajstić information content (AvgIpc) is 3.16. The number of thiophene rings is 1. The smallest absolute Gasteiger partial charge is 0.319 e. The standard InChI is InChI=1S/C24H21ClN4O2S/c1-15-3-2-4-16(11-15)12-29-14-26-22-21(23(29)30)19-9-10-28(13-20(19)32-22)24(31)27-18-7-5-17(25)6-8-18/h2-8,11,14H,9-10,12-13H2,1H3,(H,27,31). The van der Waals surface area contributed by atoms with Crippen LogP contribution in [0.2, 0.25) is 5.02 Å². The molecule has 162 valence electrons. The van der Waals surface area contributed by atoms with E-state index in [0.717, 1.165) is 26.4 Å². The van der Waals surface area contributed by atoms with Gasteiger partial charge in [-0.1, -0.05) is 41.4 Å². The average molecular weight is 465 g/mol. The molecule has 2 amide bonds. The summed E-state index contributed by atoms with van der Waals surface area (Å²) in [5.41, 5.74) is 3.93. The normalized spacial score (nSPS) is 13.2. The summed E-state index contributed by atoms with van der Waals surface area (Å²) >= 11 is 7.41. The first-order valence-electron chi connectivity index (χ1n) is 10.3. The first-order valence-corrected chi connectivity index (χ1v) is 11.5. The van der Waals surface area contributed by atoms with Gasteiger partial charge in [0.1, 0.15) is 4.83 Å². The molecule has 2 aromatic heterocycles. The minimum Gasteiger partial charge on any atom is -0.319 e. The summed E-state index contributed by atoms with van der Waals surface area (Å²) in [5, 5.41) is 4.22. The van der Waals surface area contributed by atoms with Gasteiger partial charge < -0.3 is 10.2 Å². The Labute approximate surface area is 194 Å². The van der Waals surface area contributed by atoms with Crippen molar-refractivity contribution in [3.05, 3.63) is 91.8 Å². The molecule has 6 nitrogen and oxygen atoms in total. The van der Waals surface area contributed by atoms with E-state index < -0.39 is 0 Å². The quantitative estimate of drug-likeness (QED) is 0.461. The van der Waals surface area contributed by atoms with Crippen LogP contribution in [0.4, 0.5) is 10.5 Å². The third-order valence-corrected chi connectivity index (χ3v) is 7.02. The molecule has 0 radical (unpaired) electrons. The molecule has 0 fully saturated rings. The van der Waals surface area contributed by atoms with Crippen molar-refractivity contribution in [1.82, 2.24) is 14.5 Å². The summed E-state index contributed by atoms with van der Waals surface area (Å²) in [5.74, 6) is 0. The second-order valence-electron chi connectivity index (χ2n) is 7.96. The van der Waals surface area contributed by atoms with Gasteiger partial charge >= 0.3 is 6.03 Å². The molecule has 1 aliphatic rings. The fourth-order valence-corrected chi connectivity index (χ4v) is 5.37. The number of fused-ring (bicyclic) bond motifs is 3. The zero-order valence-corrected chi connectivity index (χ0v) is 19.0. The number of carbonyl (C=O) groups excluding carboxylic acids is 1. The van der Waals surface area contributed by atoms with Crippen molar-refractivity contribution in [3.8, 4) is 0 Å². The van der Waals surface area contributed by atoms with Crippen LogP contribution in [0.25, 0.3) is 10.2 Å². The highest BCUT2D eigenvalue weighted by molar-refractivity contribution is 7.18. The minimum absolute atomic E-state index is 0.0203. The van der Waals surface area contributed by atoms with E-state index in [1.165, 1.54) is 11.3 Å². The van der Waals surface area contributed by atoms with Gasteiger partial charge in [-0.05, 0) is 48.7 Å². The van der Waals surface area contributed by atoms with E-state index in [1.807, 2.05) is 25.1 Å². The first-order chi connectivity index (χ1) is 15.5. The molecule has 3 heterocycles. The number of rotatable bonds is 3. The van der Waals surface area contributed by atoms with Gasteiger partial charge in [0.25, 0.3) is 5.56 Å². The van der Waals surface area contributed by atoms with Crippen molar-refractivity contribution in [2.75, 3.05) is 11.9 Å². The van der Waals surface area contributed by atoms with E-state index in [9.17, 15) is 9.59 Å². The third kappa shape index (κ3) is 4.01. The zero-order chi connectivity index (χ0) is 22.2. The molecule has 0 saturated heterocycles. The number of halogens is 1. The summed E-state index contributed by atoms with van der Waals surface area (Å²) in [6.07, 6.45) is 2.26. The molecule has 4 aromatic rings. The predicted octanol–water partition coefficient (Wildman–Crippen LogP) is 5.06. The molecule has 5 rings (SSSR count). The van der Waals surface area contributed by atoms with Crippen molar-refractivity contribution >= 4 is 44.9 Å². The number of anilines is 1. The van der Waals surface area contributed by atoms with Crippen LogP contribution >= 0.6 is 22.9 Å². The lowest BCUT2D eigenvalue weighted by Crippen LogP contribution is -2.38. The number of urea groups is 1. The first kappa shape index (κ1) is 20.7. The Morgan fingerprint density at radius 2 is 2.03 bits per heavy atom. The van der Waals surface area contributed by atoms with Gasteiger partial charge in [0, 0.05) is 22.1 Å². The van der Waals surface area contributed by atoms with Crippen LogP contribution < -0.4 is 10.9 Å². The van der Waals surface area contributed by atoms with Gasteiger partial charge in [-0.15, -0.1) is 11.3 Å². The topological polar surface area (TPSA) is 67.2 Å². The summed E-state index contributed by atoms with van der Waals surface area (Å²) in [6.45, 7) is 3.54. The molecular weight excluding hydrogens is 444 g/mol. The Morgan fingerprint density at radius 3 is 2.81 bits per heavy atom. The van der Waals surface area contributed by atoms with E-state index in [-0.39, 0.29) is 11.6 Å². The summed E-state index contributed by atoms with van der Waals surface area (Å²) in [6, 6.07) is 15.0. The maximum atomic E-state index is 13.3. The van der Waals surface area contributed by atoms with Crippen molar-refractivity contribution in [2.24, 2.45) is 0 Å². The van der Waals surface area contributed by atoms with Gasteiger partial charge in [0.2, 0.25) is 0 Å². The minimum atomic E-state index is -0.166. The zero-order valence-electron chi connectivity index (χ0n) is 17.5. The second kappa shape index (κ2) is 8.41. The van der Waals surface area contributed by atoms with Gasteiger partial charge in [0.05, 0.1) is 24.8 Å². The molecule has 0 spiro atoms. The highest BCUT2D eigenvalue weighted by Gasteiger charge is 2.26. The lowest BCUT2D eigenvalue weighted by atomic mass is 10.1. The Balaban J connectivity index is 1.39. The SMILES string of the molecule is Cc1cccc(Cn2cnc3sc4c(c3c2=O)CCN(C(=O)Nc2ccc(Cl)cc2)C4)c1. The molecule has 0 saturated carbocycles. The van der Waals surface area contributed by atoms with Crippen molar-refractivity contribution < 1.29 is 4.79 Å². The number of amides is 2. The van der Waals surface area contributed by atoms with Crippen LogP contribution in [0.5, 0.6) is 0 Å². The van der Waals surface area contributed by atoms with E-state index >= 15 is 0 Å². The van der Waals surface area contributed by atoms with Crippen molar-refractivity contribution in [3.63, 3.8) is 0 Å². The second-order valence-corrected chi connectivity index (χ2v) is 9.48. The van der Waals surface area contributed by atoms with E-state index in [2.05, 4.69) is 16.4 Å². The maximum Gasteiger partial charge on any atom is 0.322 e. The van der Waals surface area contributed by atoms with Crippen LogP contribution in [0.15, 0.2) is 59.7 Å². The van der Waals surface area contributed by atoms with Gasteiger partial charge in [-0.3, -0.25) is 9.36 Å². The van der Waals surface area contributed by atoms with E-state index in [4.69, 9.17) is 11.6 Å². The molecule has 0 unspecified atom stereocenters. The summed E-state index contributed by atoms with van der Waals surface area (Å²) < 4.78 is 1.67. The number of nitrogens with one attached hydrogen (secondary N) is 1. The largest absolute Gasteiger partial charge is 0.322 e. The lowest BCUT2D eigenvalue weighted by molar-refractivity contribution is 0.207. The molecule has 0 bridgehead atoms. The van der Waals surface area contributed by atoms with Crippen LogP contribution in [0.1, 0.15) is 21.6 Å². The third-order valence-electron chi connectivity index (χ3n) is 5.65. The van der Waals surface area contributed by atoms with Gasteiger partial charge in [0.15, 0.2) is 0 Å². The summed E-state index contributed by atoms with van der Waals surface area (Å²) in [4.78, 5) is 34.1. The van der Waals surface area contributed by atoms with Crippen LogP contribution in [0.3, 0.4) is 0 Å². The Bertz CT molecular complexity index is 1380. The highest BCUT2D eigenvalue weighted by Crippen LogP contribution is 2.32. The van der Waals surface area contributed by atoms with Crippen molar-refractivity contribution in [1.29, 1.82) is 0 Å². The number of benzene rings is 2. The molecule has 0 aliphatic carbocycles. The lowest BCUT2D eigenvalue weighted by Gasteiger charge is -2.27. The van der Waals surface area contributed by atoms with Crippen LogP contribution in [0, 0.1) is 6.92 Å². The monoisotopic (exact) mass is 464 g/mol. The highest BCUT2D eigenvalue weighted by atomic mass is 35.5. The fraction of sp³-hybridized carbons (Fsp3) is 0.208. The Kier molecular flexibility index (Phi) is 5.45. The number of aryl methyl sites for hydroxylation is 1. The Morgan fingerprint density at radius 1 is 1.22 bits per heavy atom. The molecule has 32 heavy (non-hydrogen) atoms. The number of carbonyl (C=O) groups is 1. The van der Waals surface area contributed by atoms with E-state index in [1.54, 1.807) is 40.1 Å². The molecule has 2 aromatic carbocycles. The predicted molar refractivity (Wildman–Crippen MR) is 129 cm³/mol. The van der Waals surface area contributed by atoms with Crippen molar-refractivity contribution in [2.45, 2.75) is 26.4 Å². The van der Waals surface area contributed by atoms with Crippen LogP contribution in [-0.2, 0) is 19.5 Å². The summed E-state index contributed by atoms with van der Waals surface area (Å²) in [7, 11) is 0. The van der Waals surface area contributed by atoms with E-state index in [0.29, 0.717) is 42.2 Å². The molecule has 8 heteroatoms. The molecule has 1 N–H and O–H groups in total. The fourth-order valence-electron chi connectivity index (χ4n) is 4.05. The molecule has 0 atom stereocenters. The number of hydrogen-bond donors (Lipinski definition) is 1. The number of nitrogens with zero attached hydrogens (tertiary/aromatic N) is 3. The number of aromatic nitrogens is 2. The van der Waals surface area contributed by atoms with Gasteiger partial charge in [-0.25, -0.2) is 9.78 Å². The molecular formula is C24H21ClN4O2S. The maximum absolute atomic E-state index is 13.3. The van der Waals surface area contributed by atoms with Crippen LogP contribution in [-0.4, -0.2) is 27.0 Å². The molecule has 1 aliphatic heterocycles. The Hall–Kier alpha value is -3.16.